The van der Waals surface area contributed by atoms with Gasteiger partial charge < -0.3 is 10.1 Å². The van der Waals surface area contributed by atoms with Gasteiger partial charge >= 0.3 is 0 Å². The van der Waals surface area contributed by atoms with Crippen molar-refractivity contribution in [1.82, 2.24) is 20.2 Å². The van der Waals surface area contributed by atoms with E-state index in [4.69, 9.17) is 4.74 Å². The lowest BCUT2D eigenvalue weighted by molar-refractivity contribution is 0.0217. The number of aryl methyl sites for hydroxylation is 1. The minimum atomic E-state index is -1.09. The summed E-state index contributed by atoms with van der Waals surface area (Å²) >= 11 is 0. The third-order valence-electron chi connectivity index (χ3n) is 4.89. The van der Waals surface area contributed by atoms with Crippen LogP contribution in [0.3, 0.4) is 0 Å². The Morgan fingerprint density at radius 3 is 2.96 bits per heavy atom. The van der Waals surface area contributed by atoms with Gasteiger partial charge in [0.05, 0.1) is 24.3 Å². The molecule has 0 bridgehead atoms. The molecular formula is C19H22FN5O. The number of anilines is 1. The van der Waals surface area contributed by atoms with Gasteiger partial charge in [0.25, 0.3) is 0 Å². The summed E-state index contributed by atoms with van der Waals surface area (Å²) in [4.78, 5) is 8.44. The van der Waals surface area contributed by atoms with E-state index in [1.165, 1.54) is 6.33 Å². The van der Waals surface area contributed by atoms with Gasteiger partial charge in [0.1, 0.15) is 18.3 Å². The van der Waals surface area contributed by atoms with Crippen LogP contribution in [0, 0.1) is 6.92 Å². The van der Waals surface area contributed by atoms with Crippen molar-refractivity contribution in [3.05, 3.63) is 47.9 Å². The Morgan fingerprint density at radius 1 is 1.27 bits per heavy atom. The summed E-state index contributed by atoms with van der Waals surface area (Å²) in [6.07, 6.45) is 4.93. The smallest absolute Gasteiger partial charge is 0.160 e. The zero-order valence-electron chi connectivity index (χ0n) is 14.7. The van der Waals surface area contributed by atoms with Gasteiger partial charge in [-0.2, -0.15) is 5.10 Å². The molecule has 0 aliphatic heterocycles. The van der Waals surface area contributed by atoms with Crippen molar-refractivity contribution in [2.75, 3.05) is 11.9 Å². The molecule has 3 atom stereocenters. The number of halogens is 1. The molecule has 6 nitrogen and oxygen atoms in total. The Hall–Kier alpha value is -2.54. The number of aromatic amines is 1. The molecular weight excluding hydrogens is 333 g/mol. The molecule has 0 spiro atoms. The molecule has 3 aromatic rings. The van der Waals surface area contributed by atoms with Crippen molar-refractivity contribution in [3.63, 3.8) is 0 Å². The first-order valence-corrected chi connectivity index (χ1v) is 8.92. The summed E-state index contributed by atoms with van der Waals surface area (Å²) in [5, 5.41) is 11.2. The summed E-state index contributed by atoms with van der Waals surface area (Å²) in [5.41, 5.74) is 2.52. The van der Waals surface area contributed by atoms with Crippen LogP contribution in [-0.4, -0.2) is 38.9 Å². The number of H-pyrrole nitrogens is 1. The van der Waals surface area contributed by atoms with E-state index in [2.05, 4.69) is 25.5 Å². The van der Waals surface area contributed by atoms with Crippen molar-refractivity contribution >= 4 is 16.9 Å². The highest BCUT2D eigenvalue weighted by Crippen LogP contribution is 2.28. The van der Waals surface area contributed by atoms with Gasteiger partial charge in [-0.15, -0.1) is 0 Å². The third-order valence-corrected chi connectivity index (χ3v) is 4.89. The topological polar surface area (TPSA) is 75.7 Å². The molecule has 0 amide bonds. The van der Waals surface area contributed by atoms with E-state index in [1.54, 1.807) is 6.20 Å². The van der Waals surface area contributed by atoms with Crippen LogP contribution in [0.15, 0.2) is 36.8 Å². The molecule has 136 valence electrons. The molecule has 2 aromatic heterocycles. The highest BCUT2D eigenvalue weighted by molar-refractivity contribution is 5.85. The minimum absolute atomic E-state index is 0.0675. The van der Waals surface area contributed by atoms with Gasteiger partial charge in [0, 0.05) is 6.04 Å². The molecule has 1 aliphatic rings. The average molecular weight is 355 g/mol. The van der Waals surface area contributed by atoms with Gasteiger partial charge in [-0.25, -0.2) is 14.4 Å². The molecule has 1 fully saturated rings. The SMILES string of the molecule is Cc1ccc([C@H](F)CO[C@H]2CCC(Nc3ncnc4[nH]ncc34)C2)cc1. The Balaban J connectivity index is 1.30. The van der Waals surface area contributed by atoms with Crippen molar-refractivity contribution in [2.24, 2.45) is 0 Å². The van der Waals surface area contributed by atoms with Crippen LogP contribution >= 0.6 is 0 Å². The lowest BCUT2D eigenvalue weighted by Crippen LogP contribution is -2.19. The molecule has 1 saturated carbocycles. The second-order valence-electron chi connectivity index (χ2n) is 6.84. The maximum absolute atomic E-state index is 14.3. The van der Waals surface area contributed by atoms with Crippen LogP contribution in [0.2, 0.25) is 0 Å². The Kier molecular flexibility index (Phi) is 4.79. The Bertz CT molecular complexity index is 866. The van der Waals surface area contributed by atoms with Crippen molar-refractivity contribution in [3.8, 4) is 0 Å². The number of nitrogens with one attached hydrogen (secondary N) is 2. The first-order valence-electron chi connectivity index (χ1n) is 8.92. The number of aromatic nitrogens is 4. The average Bonchev–Trinajstić information content (AvgIpc) is 3.30. The van der Waals surface area contributed by atoms with E-state index < -0.39 is 6.17 Å². The summed E-state index contributed by atoms with van der Waals surface area (Å²) in [7, 11) is 0. The number of fused-ring (bicyclic) bond motifs is 1. The maximum Gasteiger partial charge on any atom is 0.160 e. The molecule has 2 heterocycles. The number of rotatable bonds is 6. The summed E-state index contributed by atoms with van der Waals surface area (Å²) in [6.45, 7) is 2.09. The van der Waals surface area contributed by atoms with E-state index in [-0.39, 0.29) is 18.8 Å². The second-order valence-corrected chi connectivity index (χ2v) is 6.84. The van der Waals surface area contributed by atoms with E-state index in [1.807, 2.05) is 31.2 Å². The van der Waals surface area contributed by atoms with Crippen molar-refractivity contribution in [2.45, 2.75) is 44.5 Å². The zero-order valence-corrected chi connectivity index (χ0v) is 14.7. The molecule has 2 N–H and O–H groups in total. The number of nitrogens with zero attached hydrogens (tertiary/aromatic N) is 3. The zero-order chi connectivity index (χ0) is 17.9. The molecule has 1 unspecified atom stereocenters. The van der Waals surface area contributed by atoms with Gasteiger partial charge in [-0.05, 0) is 31.7 Å². The molecule has 4 rings (SSSR count). The van der Waals surface area contributed by atoms with E-state index >= 15 is 0 Å². The first-order chi connectivity index (χ1) is 12.7. The number of hydrogen-bond donors (Lipinski definition) is 2. The van der Waals surface area contributed by atoms with Gasteiger partial charge in [-0.1, -0.05) is 29.8 Å². The molecule has 26 heavy (non-hydrogen) atoms. The normalized spacial score (nSPS) is 21.2. The number of benzene rings is 1. The molecule has 0 radical (unpaired) electrons. The van der Waals surface area contributed by atoms with Crippen molar-refractivity contribution in [1.29, 1.82) is 0 Å². The van der Waals surface area contributed by atoms with Crippen molar-refractivity contribution < 1.29 is 9.13 Å². The monoisotopic (exact) mass is 355 g/mol. The first kappa shape index (κ1) is 16.9. The summed E-state index contributed by atoms with van der Waals surface area (Å²) < 4.78 is 20.2. The van der Waals surface area contributed by atoms with Crippen LogP contribution in [0.1, 0.15) is 36.6 Å². The standard InChI is InChI=1S/C19H22FN5O/c1-12-2-4-13(5-3-12)17(20)10-26-15-7-6-14(8-15)24-18-16-9-23-25-19(16)22-11-21-18/h2-5,9,11,14-15,17H,6-8,10H2,1H3,(H2,21,22,23,24,25)/t14?,15-,17+/m0/s1. The molecule has 0 saturated heterocycles. The fraction of sp³-hybridized carbons (Fsp3) is 0.421. The molecule has 1 aromatic carbocycles. The fourth-order valence-electron chi connectivity index (χ4n) is 3.39. The number of alkyl halides is 1. The Morgan fingerprint density at radius 2 is 2.12 bits per heavy atom. The van der Waals surface area contributed by atoms with Crippen LogP contribution in [0.5, 0.6) is 0 Å². The maximum atomic E-state index is 14.3. The van der Waals surface area contributed by atoms with Gasteiger partial charge in [0.2, 0.25) is 0 Å². The van der Waals surface area contributed by atoms with Crippen LogP contribution < -0.4 is 5.32 Å². The quantitative estimate of drug-likeness (QED) is 0.705. The lowest BCUT2D eigenvalue weighted by Gasteiger charge is -2.16. The van der Waals surface area contributed by atoms with Crippen LogP contribution in [-0.2, 0) is 4.74 Å². The summed E-state index contributed by atoms with van der Waals surface area (Å²) in [5.74, 6) is 0.775. The second kappa shape index (κ2) is 7.37. The van der Waals surface area contributed by atoms with E-state index in [9.17, 15) is 4.39 Å². The minimum Gasteiger partial charge on any atom is -0.375 e. The predicted octanol–water partition coefficient (Wildman–Crippen LogP) is 3.72. The lowest BCUT2D eigenvalue weighted by atomic mass is 10.1. The number of hydrogen-bond acceptors (Lipinski definition) is 5. The van der Waals surface area contributed by atoms with Crippen LogP contribution in [0.4, 0.5) is 10.2 Å². The summed E-state index contributed by atoms with van der Waals surface area (Å²) in [6, 6.07) is 7.76. The van der Waals surface area contributed by atoms with Crippen LogP contribution in [0.25, 0.3) is 11.0 Å². The molecule has 1 aliphatic carbocycles. The van der Waals surface area contributed by atoms with E-state index in [0.29, 0.717) is 11.2 Å². The number of ether oxygens (including phenoxy) is 1. The third kappa shape index (κ3) is 3.67. The highest BCUT2D eigenvalue weighted by atomic mass is 19.1. The highest BCUT2D eigenvalue weighted by Gasteiger charge is 2.27. The van der Waals surface area contributed by atoms with E-state index in [0.717, 1.165) is 36.0 Å². The predicted molar refractivity (Wildman–Crippen MR) is 97.7 cm³/mol. The Labute approximate surface area is 151 Å². The fourth-order valence-corrected chi connectivity index (χ4v) is 3.39. The molecule has 7 heteroatoms. The van der Waals surface area contributed by atoms with Gasteiger partial charge in [-0.3, -0.25) is 5.10 Å². The largest absolute Gasteiger partial charge is 0.375 e. The van der Waals surface area contributed by atoms with Gasteiger partial charge in [0.15, 0.2) is 5.65 Å².